The number of aliphatic imine (C=N–C) groups is 1. The van der Waals surface area contributed by atoms with Gasteiger partial charge < -0.3 is 41.3 Å². The van der Waals surface area contributed by atoms with Crippen molar-refractivity contribution in [2.75, 3.05) is 6.54 Å². The molecule has 4 saturated carbocycles. The number of ether oxygens (including phenoxy) is 1. The number of carbonyl (C=O) groups is 3. The average molecular weight is 673 g/mol. The molecule has 4 fully saturated rings. The van der Waals surface area contributed by atoms with Crippen LogP contribution in [-0.4, -0.2) is 69.0 Å². The van der Waals surface area contributed by atoms with Gasteiger partial charge in [0.1, 0.15) is 12.1 Å². The van der Waals surface area contributed by atoms with Crippen LogP contribution in [0.15, 0.2) is 32.6 Å². The first kappa shape index (κ1) is 35.8. The van der Waals surface area contributed by atoms with Crippen molar-refractivity contribution >= 4 is 23.8 Å². The minimum absolute atomic E-state index is 0.00412. The van der Waals surface area contributed by atoms with Crippen LogP contribution in [0.4, 0.5) is 0 Å². The SMILES string of the molecule is CC12CCC(OC(=O)CCCC(=O)NC(CCCN=C(N)N)C(=O)O)CC1(O)CCC1C2CCC2(C)C(c3ccc(=O)oc3)CCC12O. The molecule has 9 atom stereocenters. The molecule has 8 N–H and O–H groups in total. The van der Waals surface area contributed by atoms with Crippen molar-refractivity contribution in [2.45, 2.75) is 133 Å². The van der Waals surface area contributed by atoms with Crippen LogP contribution >= 0.6 is 0 Å². The Balaban J connectivity index is 1.13. The number of hydrogen-bond acceptors (Lipinski definition) is 9. The second kappa shape index (κ2) is 13.8. The molecule has 0 radical (unpaired) electrons. The highest BCUT2D eigenvalue weighted by Crippen LogP contribution is 2.71. The third-order valence-electron chi connectivity index (χ3n) is 12.7. The van der Waals surface area contributed by atoms with Crippen LogP contribution in [0.25, 0.3) is 0 Å². The molecule has 1 aromatic heterocycles. The Kier molecular flexibility index (Phi) is 10.3. The van der Waals surface area contributed by atoms with Crippen molar-refractivity contribution in [2.24, 2.45) is 39.1 Å². The zero-order chi connectivity index (χ0) is 34.9. The lowest BCUT2D eigenvalue weighted by Gasteiger charge is -2.66. The number of carbonyl (C=O) groups excluding carboxylic acids is 2. The molecule has 0 bridgehead atoms. The minimum atomic E-state index is -1.16. The number of nitrogens with one attached hydrogen (secondary N) is 1. The average Bonchev–Trinajstić information content (AvgIpc) is 3.30. The van der Waals surface area contributed by atoms with Crippen LogP contribution in [0, 0.1) is 22.7 Å². The van der Waals surface area contributed by atoms with Crippen molar-refractivity contribution in [3.63, 3.8) is 0 Å². The second-order valence-electron chi connectivity index (χ2n) is 15.2. The molecule has 266 valence electrons. The van der Waals surface area contributed by atoms with E-state index in [0.717, 1.165) is 24.8 Å². The Labute approximate surface area is 280 Å². The maximum Gasteiger partial charge on any atom is 0.335 e. The number of aliphatic hydroxyl groups is 2. The van der Waals surface area contributed by atoms with Crippen LogP contribution < -0.4 is 22.4 Å². The zero-order valence-electron chi connectivity index (χ0n) is 28.1. The van der Waals surface area contributed by atoms with Gasteiger partial charge in [-0.25, -0.2) is 9.59 Å². The van der Waals surface area contributed by atoms with E-state index >= 15 is 0 Å². The maximum atomic E-state index is 12.8. The van der Waals surface area contributed by atoms with Gasteiger partial charge in [-0.05, 0) is 105 Å². The number of fused-ring (bicyclic) bond motifs is 5. The molecule has 5 rings (SSSR count). The van der Waals surface area contributed by atoms with Crippen molar-refractivity contribution in [1.29, 1.82) is 0 Å². The Morgan fingerprint density at radius 3 is 2.42 bits per heavy atom. The molecule has 4 aliphatic carbocycles. The van der Waals surface area contributed by atoms with E-state index in [1.807, 2.05) is 6.07 Å². The summed E-state index contributed by atoms with van der Waals surface area (Å²) in [5, 5.41) is 36.5. The normalized spacial score (nSPS) is 36.1. The first-order chi connectivity index (χ1) is 22.6. The number of carboxylic acid groups (broad SMARTS) is 1. The van der Waals surface area contributed by atoms with Gasteiger partial charge in [-0.3, -0.25) is 14.6 Å². The van der Waals surface area contributed by atoms with Gasteiger partial charge in [-0.1, -0.05) is 13.8 Å². The summed E-state index contributed by atoms with van der Waals surface area (Å²) in [7, 11) is 0. The smallest absolute Gasteiger partial charge is 0.335 e. The molecule has 1 heterocycles. The molecule has 4 aliphatic rings. The topological polar surface area (TPSA) is 228 Å². The summed E-state index contributed by atoms with van der Waals surface area (Å²) in [4.78, 5) is 52.1. The van der Waals surface area contributed by atoms with Gasteiger partial charge >= 0.3 is 17.6 Å². The van der Waals surface area contributed by atoms with Gasteiger partial charge in [-0.15, -0.1) is 0 Å². The lowest BCUT2D eigenvalue weighted by atomic mass is 9.42. The highest BCUT2D eigenvalue weighted by Gasteiger charge is 2.70. The zero-order valence-corrected chi connectivity index (χ0v) is 28.1. The fourth-order valence-electron chi connectivity index (χ4n) is 10.0. The maximum absolute atomic E-state index is 12.8. The predicted octanol–water partition coefficient (Wildman–Crippen LogP) is 2.70. The van der Waals surface area contributed by atoms with E-state index in [0.29, 0.717) is 44.9 Å². The van der Waals surface area contributed by atoms with Gasteiger partial charge in [0.2, 0.25) is 5.91 Å². The predicted molar refractivity (Wildman–Crippen MR) is 176 cm³/mol. The lowest BCUT2D eigenvalue weighted by Crippen LogP contribution is -2.67. The molecule has 13 heteroatoms. The van der Waals surface area contributed by atoms with Gasteiger partial charge in [0, 0.05) is 37.3 Å². The monoisotopic (exact) mass is 672 g/mol. The van der Waals surface area contributed by atoms with Crippen molar-refractivity contribution in [3.8, 4) is 0 Å². The first-order valence-electron chi connectivity index (χ1n) is 17.4. The summed E-state index contributed by atoms with van der Waals surface area (Å²) in [6, 6.07) is 2.20. The fraction of sp³-hybridized carbons (Fsp3) is 0.743. The molecule has 9 unspecified atom stereocenters. The second-order valence-corrected chi connectivity index (χ2v) is 15.2. The molecule has 1 amide bonds. The van der Waals surface area contributed by atoms with Crippen LogP contribution in [0.2, 0.25) is 0 Å². The third kappa shape index (κ3) is 6.72. The number of carboxylic acids is 1. The lowest BCUT2D eigenvalue weighted by molar-refractivity contribution is -0.255. The highest BCUT2D eigenvalue weighted by atomic mass is 16.5. The van der Waals surface area contributed by atoms with E-state index in [2.05, 4.69) is 24.2 Å². The molecule has 0 saturated heterocycles. The van der Waals surface area contributed by atoms with Gasteiger partial charge in [0.05, 0.1) is 17.5 Å². The van der Waals surface area contributed by atoms with Crippen molar-refractivity contribution in [1.82, 2.24) is 5.32 Å². The van der Waals surface area contributed by atoms with E-state index < -0.39 is 46.6 Å². The number of amides is 1. The Hall–Kier alpha value is -3.45. The molecular weight excluding hydrogens is 620 g/mol. The number of rotatable bonds is 12. The number of esters is 1. The first-order valence-corrected chi connectivity index (χ1v) is 17.4. The largest absolute Gasteiger partial charge is 0.480 e. The number of hydrogen-bond donors (Lipinski definition) is 6. The van der Waals surface area contributed by atoms with Crippen molar-refractivity contribution in [3.05, 3.63) is 34.4 Å². The molecule has 0 aliphatic heterocycles. The molecule has 0 spiro atoms. The standard InChI is InChI=1S/C35H52N4O9/c1-32-14-10-22(48-29(42)7-3-6-27(40)39-26(30(43)44)5-4-18-38-31(36)37)19-34(32,45)16-12-25-24(32)11-15-33(2)23(13-17-35(25,33)46)21-8-9-28(41)47-20-21/h8-9,20,22-26,45-46H,3-7,10-19H2,1-2H3,(H,39,40)(H,43,44)(H4,36,37,38). The van der Waals surface area contributed by atoms with E-state index in [4.69, 9.17) is 20.6 Å². The van der Waals surface area contributed by atoms with Gasteiger partial charge in [-0.2, -0.15) is 0 Å². The van der Waals surface area contributed by atoms with Gasteiger partial charge in [0.15, 0.2) is 5.96 Å². The summed E-state index contributed by atoms with van der Waals surface area (Å²) in [5.41, 5.74) is 8.38. The van der Waals surface area contributed by atoms with Crippen molar-refractivity contribution < 1.29 is 38.9 Å². The summed E-state index contributed by atoms with van der Waals surface area (Å²) in [6.45, 7) is 4.58. The molecular formula is C35H52N4O9. The molecule has 48 heavy (non-hydrogen) atoms. The van der Waals surface area contributed by atoms with Gasteiger partial charge in [0.25, 0.3) is 0 Å². The summed E-state index contributed by atoms with van der Waals surface area (Å²) in [5.74, 6) is -1.91. The Morgan fingerprint density at radius 2 is 1.73 bits per heavy atom. The Morgan fingerprint density at radius 1 is 1.00 bits per heavy atom. The molecule has 13 nitrogen and oxygen atoms in total. The summed E-state index contributed by atoms with van der Waals surface area (Å²) < 4.78 is 11.0. The number of aliphatic carboxylic acids is 1. The summed E-state index contributed by atoms with van der Waals surface area (Å²) in [6.07, 6.45) is 7.80. The van der Waals surface area contributed by atoms with E-state index in [1.54, 1.807) is 6.26 Å². The van der Waals surface area contributed by atoms with Crippen LogP contribution in [0.5, 0.6) is 0 Å². The van der Waals surface area contributed by atoms with E-state index in [1.165, 1.54) is 6.07 Å². The fourth-order valence-corrected chi connectivity index (χ4v) is 10.0. The number of nitrogens with zero attached hydrogens (tertiary/aromatic N) is 1. The van der Waals surface area contributed by atoms with E-state index in [9.17, 15) is 34.5 Å². The number of nitrogens with two attached hydrogens (primary N) is 2. The summed E-state index contributed by atoms with van der Waals surface area (Å²) >= 11 is 0. The van der Waals surface area contributed by atoms with Crippen LogP contribution in [0.3, 0.4) is 0 Å². The number of guanidine groups is 1. The highest BCUT2D eigenvalue weighted by molar-refractivity contribution is 5.83. The van der Waals surface area contributed by atoms with Crippen LogP contribution in [0.1, 0.15) is 115 Å². The quantitative estimate of drug-likeness (QED) is 0.0818. The van der Waals surface area contributed by atoms with Crippen LogP contribution in [-0.2, 0) is 19.1 Å². The van der Waals surface area contributed by atoms with E-state index in [-0.39, 0.29) is 67.0 Å². The Bertz CT molecular complexity index is 1440. The molecule has 1 aromatic rings. The third-order valence-corrected chi connectivity index (χ3v) is 12.7. The minimum Gasteiger partial charge on any atom is -0.480 e. The molecule has 0 aromatic carbocycles.